The summed E-state index contributed by atoms with van der Waals surface area (Å²) in [6, 6.07) is 7.55. The van der Waals surface area contributed by atoms with Crippen molar-refractivity contribution in [2.75, 3.05) is 20.7 Å². The lowest BCUT2D eigenvalue weighted by Gasteiger charge is -2.13. The van der Waals surface area contributed by atoms with Crippen LogP contribution < -0.4 is 10.1 Å². The van der Waals surface area contributed by atoms with Crippen molar-refractivity contribution in [1.29, 1.82) is 5.26 Å². The molecule has 4 nitrogen and oxygen atoms in total. The Balaban J connectivity index is 2.64. The zero-order valence-corrected chi connectivity index (χ0v) is 10.5. The van der Waals surface area contributed by atoms with Crippen molar-refractivity contribution in [3.05, 3.63) is 29.3 Å². The normalized spacial score (nSPS) is 11.9. The topological polar surface area (TPSA) is 54.3 Å². The number of hydrogen-bond acceptors (Lipinski definition) is 4. The first-order valence-corrected chi connectivity index (χ1v) is 5.54. The molecule has 92 valence electrons. The minimum Gasteiger partial charge on any atom is -0.495 e. The van der Waals surface area contributed by atoms with E-state index in [2.05, 4.69) is 11.4 Å². The van der Waals surface area contributed by atoms with Gasteiger partial charge in [-0.3, -0.25) is 0 Å². The fraction of sp³-hybridized carbons (Fsp3) is 0.462. The summed E-state index contributed by atoms with van der Waals surface area (Å²) in [6.45, 7) is 3.34. The summed E-state index contributed by atoms with van der Waals surface area (Å²) in [7, 11) is 3.45. The van der Waals surface area contributed by atoms with E-state index >= 15 is 0 Å². The van der Waals surface area contributed by atoms with Gasteiger partial charge in [0.2, 0.25) is 0 Å². The van der Waals surface area contributed by atoms with Crippen LogP contribution in [0.4, 0.5) is 0 Å². The molecule has 0 aliphatic rings. The third kappa shape index (κ3) is 4.06. The summed E-state index contributed by atoms with van der Waals surface area (Å²) in [4.78, 5) is 0. The summed E-state index contributed by atoms with van der Waals surface area (Å²) >= 11 is 0. The third-order valence-electron chi connectivity index (χ3n) is 2.41. The Kier molecular flexibility index (Phi) is 5.47. The minimum atomic E-state index is 0.154. The summed E-state index contributed by atoms with van der Waals surface area (Å²) in [5.41, 5.74) is 1.54. The second-order valence-electron chi connectivity index (χ2n) is 3.83. The molecule has 1 unspecified atom stereocenters. The van der Waals surface area contributed by atoms with Crippen LogP contribution in [0.3, 0.4) is 0 Å². The molecule has 0 radical (unpaired) electrons. The van der Waals surface area contributed by atoms with Crippen molar-refractivity contribution < 1.29 is 9.47 Å². The lowest BCUT2D eigenvalue weighted by atomic mass is 10.1. The number of nitrogens with zero attached hydrogens (tertiary/aromatic N) is 1. The SMILES string of the molecule is CNCC(C)OCc1ccc(C#N)c(OC)c1. The van der Waals surface area contributed by atoms with E-state index in [1.165, 1.54) is 0 Å². The molecule has 4 heteroatoms. The predicted molar refractivity (Wildman–Crippen MR) is 65.9 cm³/mol. The first kappa shape index (κ1) is 13.5. The largest absolute Gasteiger partial charge is 0.495 e. The number of rotatable bonds is 6. The van der Waals surface area contributed by atoms with Crippen LogP contribution in [-0.4, -0.2) is 26.8 Å². The van der Waals surface area contributed by atoms with Crippen molar-refractivity contribution in [3.63, 3.8) is 0 Å². The quantitative estimate of drug-likeness (QED) is 0.813. The van der Waals surface area contributed by atoms with Crippen molar-refractivity contribution in [2.45, 2.75) is 19.6 Å². The van der Waals surface area contributed by atoms with Crippen molar-refractivity contribution in [3.8, 4) is 11.8 Å². The van der Waals surface area contributed by atoms with Gasteiger partial charge in [0.15, 0.2) is 0 Å². The standard InChI is InChI=1S/C13H18N2O2/c1-10(8-15-2)17-9-11-4-5-12(7-14)13(6-11)16-3/h4-6,10,15H,8-9H2,1-3H3. The lowest BCUT2D eigenvalue weighted by molar-refractivity contribution is 0.0544. The molecular weight excluding hydrogens is 216 g/mol. The molecule has 0 saturated heterocycles. The van der Waals surface area contributed by atoms with Gasteiger partial charge in [-0.1, -0.05) is 6.07 Å². The van der Waals surface area contributed by atoms with Gasteiger partial charge < -0.3 is 14.8 Å². The number of likely N-dealkylation sites (N-methyl/N-ethyl adjacent to an activating group) is 1. The van der Waals surface area contributed by atoms with E-state index in [0.29, 0.717) is 17.9 Å². The fourth-order valence-corrected chi connectivity index (χ4v) is 1.50. The Bertz CT molecular complexity index is 399. The number of methoxy groups -OCH3 is 1. The molecule has 0 fully saturated rings. The molecule has 17 heavy (non-hydrogen) atoms. The Morgan fingerprint density at radius 2 is 2.24 bits per heavy atom. The highest BCUT2D eigenvalue weighted by atomic mass is 16.5. The highest BCUT2D eigenvalue weighted by Crippen LogP contribution is 2.19. The number of hydrogen-bond donors (Lipinski definition) is 1. The van der Waals surface area contributed by atoms with Crippen LogP contribution in [0.5, 0.6) is 5.75 Å². The van der Waals surface area contributed by atoms with E-state index in [1.807, 2.05) is 26.1 Å². The number of nitrogens with one attached hydrogen (secondary N) is 1. The molecule has 0 aromatic heterocycles. The summed E-state index contributed by atoms with van der Waals surface area (Å²) in [5, 5.41) is 11.9. The Morgan fingerprint density at radius 3 is 2.82 bits per heavy atom. The smallest absolute Gasteiger partial charge is 0.136 e. The van der Waals surface area contributed by atoms with Gasteiger partial charge in [0.25, 0.3) is 0 Å². The maximum Gasteiger partial charge on any atom is 0.136 e. The number of nitriles is 1. The molecule has 0 saturated carbocycles. The van der Waals surface area contributed by atoms with E-state index in [1.54, 1.807) is 13.2 Å². The molecule has 1 aromatic carbocycles. The molecule has 1 aromatic rings. The number of ether oxygens (including phenoxy) is 2. The number of benzene rings is 1. The van der Waals surface area contributed by atoms with E-state index in [4.69, 9.17) is 14.7 Å². The average Bonchev–Trinajstić information content (AvgIpc) is 2.36. The van der Waals surface area contributed by atoms with Crippen LogP contribution in [0, 0.1) is 11.3 Å². The molecule has 0 amide bonds. The highest BCUT2D eigenvalue weighted by Gasteiger charge is 2.05. The maximum absolute atomic E-state index is 8.86. The van der Waals surface area contributed by atoms with Gasteiger partial charge in [0.1, 0.15) is 11.8 Å². The van der Waals surface area contributed by atoms with Crippen LogP contribution in [0.1, 0.15) is 18.1 Å². The van der Waals surface area contributed by atoms with Crippen LogP contribution in [0.2, 0.25) is 0 Å². The summed E-state index contributed by atoms with van der Waals surface area (Å²) < 4.78 is 10.8. The van der Waals surface area contributed by atoms with Crippen molar-refractivity contribution >= 4 is 0 Å². The lowest BCUT2D eigenvalue weighted by Crippen LogP contribution is -2.23. The first-order chi connectivity index (χ1) is 8.21. The molecule has 1 atom stereocenters. The second-order valence-corrected chi connectivity index (χ2v) is 3.83. The molecule has 0 aliphatic carbocycles. The molecule has 0 spiro atoms. The molecule has 0 bridgehead atoms. The maximum atomic E-state index is 8.86. The summed E-state index contributed by atoms with van der Waals surface area (Å²) in [6.07, 6.45) is 0.154. The minimum absolute atomic E-state index is 0.154. The van der Waals surface area contributed by atoms with Gasteiger partial charge >= 0.3 is 0 Å². The Labute approximate surface area is 102 Å². The summed E-state index contributed by atoms with van der Waals surface area (Å²) in [5.74, 6) is 0.592. The van der Waals surface area contributed by atoms with E-state index in [-0.39, 0.29) is 6.10 Å². The first-order valence-electron chi connectivity index (χ1n) is 5.54. The van der Waals surface area contributed by atoms with Gasteiger partial charge in [-0.05, 0) is 31.7 Å². The van der Waals surface area contributed by atoms with Crippen LogP contribution in [-0.2, 0) is 11.3 Å². The Hall–Kier alpha value is -1.57. The molecule has 0 aliphatic heterocycles. The van der Waals surface area contributed by atoms with Gasteiger partial charge in [-0.15, -0.1) is 0 Å². The second kappa shape index (κ2) is 6.89. The van der Waals surface area contributed by atoms with Gasteiger partial charge in [-0.2, -0.15) is 5.26 Å². The van der Waals surface area contributed by atoms with Crippen LogP contribution in [0.15, 0.2) is 18.2 Å². The molecule has 0 heterocycles. The monoisotopic (exact) mass is 234 g/mol. The van der Waals surface area contributed by atoms with E-state index in [0.717, 1.165) is 12.1 Å². The average molecular weight is 234 g/mol. The van der Waals surface area contributed by atoms with Gasteiger partial charge in [0, 0.05) is 6.54 Å². The Morgan fingerprint density at radius 1 is 1.47 bits per heavy atom. The van der Waals surface area contributed by atoms with E-state index < -0.39 is 0 Å². The third-order valence-corrected chi connectivity index (χ3v) is 2.41. The van der Waals surface area contributed by atoms with Crippen LogP contribution in [0.25, 0.3) is 0 Å². The predicted octanol–water partition coefficient (Wildman–Crippen LogP) is 1.69. The van der Waals surface area contributed by atoms with Crippen LogP contribution >= 0.6 is 0 Å². The molecule has 1 rings (SSSR count). The van der Waals surface area contributed by atoms with Gasteiger partial charge in [0.05, 0.1) is 25.4 Å². The zero-order valence-electron chi connectivity index (χ0n) is 10.5. The van der Waals surface area contributed by atoms with Crippen molar-refractivity contribution in [2.24, 2.45) is 0 Å². The highest BCUT2D eigenvalue weighted by molar-refractivity contribution is 5.45. The van der Waals surface area contributed by atoms with Crippen molar-refractivity contribution in [1.82, 2.24) is 5.32 Å². The zero-order chi connectivity index (χ0) is 12.7. The molecular formula is C13H18N2O2. The molecule has 1 N–H and O–H groups in total. The van der Waals surface area contributed by atoms with Gasteiger partial charge in [-0.25, -0.2) is 0 Å². The fourth-order valence-electron chi connectivity index (χ4n) is 1.50. The van der Waals surface area contributed by atoms with E-state index in [9.17, 15) is 0 Å².